The van der Waals surface area contributed by atoms with Gasteiger partial charge in [0, 0.05) is 19.3 Å². The monoisotopic (exact) mass is 945 g/mol. The molecule has 3 aromatic rings. The van der Waals surface area contributed by atoms with Crippen LogP contribution in [-0.4, -0.2) is 79.5 Å². The van der Waals surface area contributed by atoms with Crippen LogP contribution in [0.5, 0.6) is 17.2 Å². The number of aliphatic hydroxyl groups excluding tert-OH is 1. The van der Waals surface area contributed by atoms with Gasteiger partial charge in [0.25, 0.3) is 0 Å². The van der Waals surface area contributed by atoms with Crippen LogP contribution in [0.4, 0.5) is 0 Å². The summed E-state index contributed by atoms with van der Waals surface area (Å²) in [5, 5.41) is 10.2. The fourth-order valence-electron chi connectivity index (χ4n) is 8.96. The van der Waals surface area contributed by atoms with E-state index in [1.54, 1.807) is 43.3 Å². The summed E-state index contributed by atoms with van der Waals surface area (Å²) in [6.07, 6.45) is 22.3. The van der Waals surface area contributed by atoms with Crippen molar-refractivity contribution >= 4 is 11.9 Å². The van der Waals surface area contributed by atoms with Crippen molar-refractivity contribution in [3.63, 3.8) is 0 Å². The van der Waals surface area contributed by atoms with E-state index in [1.807, 2.05) is 50.2 Å². The van der Waals surface area contributed by atoms with Gasteiger partial charge in [-0.1, -0.05) is 116 Å². The average molecular weight is 945 g/mol. The smallest absolute Gasteiger partial charge is 0.347 e. The van der Waals surface area contributed by atoms with Gasteiger partial charge in [0.2, 0.25) is 0 Å². The van der Waals surface area contributed by atoms with Crippen LogP contribution < -0.4 is 14.2 Å². The van der Waals surface area contributed by atoms with Crippen LogP contribution in [0.2, 0.25) is 0 Å². The minimum absolute atomic E-state index is 0.00889. The van der Waals surface area contributed by atoms with E-state index in [9.17, 15) is 14.7 Å². The molecule has 8 unspecified atom stereocenters. The molecule has 0 amide bonds. The minimum Gasteiger partial charge on any atom is -0.494 e. The van der Waals surface area contributed by atoms with Crippen molar-refractivity contribution in [1.82, 2.24) is 0 Å². The number of esters is 2. The summed E-state index contributed by atoms with van der Waals surface area (Å²) in [5.74, 6) is 0.831. The second-order valence-corrected chi connectivity index (χ2v) is 19.0. The molecular weight excluding hydrogens is 861 g/mol. The first-order valence-corrected chi connectivity index (χ1v) is 26.4. The molecule has 2 saturated heterocycles. The van der Waals surface area contributed by atoms with Crippen LogP contribution in [0.3, 0.4) is 0 Å². The predicted octanol–water partition coefficient (Wildman–Crippen LogP) is 13.5. The minimum atomic E-state index is -0.740. The largest absolute Gasteiger partial charge is 0.494 e. The second kappa shape index (κ2) is 31.3. The van der Waals surface area contributed by atoms with Crippen LogP contribution in [0, 0.1) is 0 Å². The normalized spacial score (nSPS) is 21.4. The molecule has 11 nitrogen and oxygen atoms in total. The third kappa shape index (κ3) is 20.5. The summed E-state index contributed by atoms with van der Waals surface area (Å²) in [5.41, 5.74) is 2.45. The molecule has 378 valence electrons. The van der Waals surface area contributed by atoms with Crippen LogP contribution in [0.15, 0.2) is 72.8 Å². The second-order valence-electron chi connectivity index (χ2n) is 19.0. The van der Waals surface area contributed by atoms with Crippen molar-refractivity contribution < 1.29 is 52.6 Å². The van der Waals surface area contributed by atoms with E-state index >= 15 is 0 Å². The lowest BCUT2D eigenvalue weighted by Crippen LogP contribution is -2.44. The lowest BCUT2D eigenvalue weighted by Gasteiger charge is -2.40. The number of aliphatic hydroxyl groups is 1. The molecule has 2 aliphatic heterocycles. The van der Waals surface area contributed by atoms with Gasteiger partial charge in [0.05, 0.1) is 49.3 Å². The summed E-state index contributed by atoms with van der Waals surface area (Å²) < 4.78 is 48.2. The Hall–Kier alpha value is -4.00. The van der Waals surface area contributed by atoms with Crippen LogP contribution in [0.1, 0.15) is 186 Å². The van der Waals surface area contributed by atoms with Gasteiger partial charge in [-0.05, 0) is 125 Å². The first kappa shape index (κ1) is 54.9. The fraction of sp³-hybridized carbons (Fsp3) is 0.649. The van der Waals surface area contributed by atoms with E-state index < -0.39 is 24.1 Å². The van der Waals surface area contributed by atoms with Crippen LogP contribution in [-0.2, 0) is 28.5 Å². The molecule has 0 bridgehead atoms. The van der Waals surface area contributed by atoms with Crippen LogP contribution >= 0.6 is 0 Å². The molecule has 0 aliphatic carbocycles. The number of hydrogen-bond acceptors (Lipinski definition) is 11. The predicted molar refractivity (Wildman–Crippen MR) is 267 cm³/mol. The van der Waals surface area contributed by atoms with Crippen molar-refractivity contribution in [3.8, 4) is 28.4 Å². The number of carbonyl (C=O) groups excluding carboxylic acids is 2. The molecule has 8 atom stereocenters. The lowest BCUT2D eigenvalue weighted by molar-refractivity contribution is -0.275. The highest BCUT2D eigenvalue weighted by Gasteiger charge is 2.36. The zero-order valence-corrected chi connectivity index (χ0v) is 42.0. The number of benzene rings is 3. The first-order valence-electron chi connectivity index (χ1n) is 26.4. The average Bonchev–Trinajstić information content (AvgIpc) is 3.33. The fourth-order valence-corrected chi connectivity index (χ4v) is 8.96. The summed E-state index contributed by atoms with van der Waals surface area (Å²) in [6.45, 7) is 11.1. The van der Waals surface area contributed by atoms with Gasteiger partial charge in [0.1, 0.15) is 17.2 Å². The van der Waals surface area contributed by atoms with Crippen molar-refractivity contribution in [2.24, 2.45) is 0 Å². The maximum atomic E-state index is 12.9. The van der Waals surface area contributed by atoms with Gasteiger partial charge in [0.15, 0.2) is 18.7 Å². The van der Waals surface area contributed by atoms with E-state index in [0.717, 1.165) is 93.9 Å². The first-order chi connectivity index (χ1) is 33.1. The molecule has 1 N–H and O–H groups in total. The molecule has 2 fully saturated rings. The number of ether oxygens (including phenoxy) is 8. The Kier molecular flexibility index (Phi) is 25.3. The third-order valence-electron chi connectivity index (χ3n) is 12.9. The summed E-state index contributed by atoms with van der Waals surface area (Å²) in [7, 11) is 0. The standard InChI is InChI=1S/C57H84O11/c1-6-9-11-16-19-22-54-64-47(8-3)39-52(66-54)41-53-40-51(38-42(4)58)65-55(67-53)23-20-17-14-12-13-15-18-21-37-61-48-30-28-45(29-31-48)44-24-26-46(27-25-44)57(60)68-50-34-32-49(33-35-50)63-43(5)56(59)62-36-10-7-2/h24-35,42-43,47,51-55,58H,6-23,36-41H2,1-5H3. The Bertz CT molecular complexity index is 1810. The molecule has 3 aromatic carbocycles. The van der Waals surface area contributed by atoms with Crippen LogP contribution in [0.25, 0.3) is 11.1 Å². The highest BCUT2D eigenvalue weighted by atomic mass is 16.7. The van der Waals surface area contributed by atoms with E-state index in [4.69, 9.17) is 37.9 Å². The van der Waals surface area contributed by atoms with Gasteiger partial charge in [-0.15, -0.1) is 0 Å². The van der Waals surface area contributed by atoms with E-state index in [1.165, 1.54) is 57.8 Å². The molecule has 11 heteroatoms. The molecule has 0 aromatic heterocycles. The van der Waals surface area contributed by atoms with Gasteiger partial charge >= 0.3 is 11.9 Å². The van der Waals surface area contributed by atoms with E-state index in [2.05, 4.69) is 13.8 Å². The summed E-state index contributed by atoms with van der Waals surface area (Å²) in [6, 6.07) is 22.0. The Morgan fingerprint density at radius 1 is 0.574 bits per heavy atom. The molecule has 2 aliphatic rings. The maximum Gasteiger partial charge on any atom is 0.347 e. The van der Waals surface area contributed by atoms with Gasteiger partial charge < -0.3 is 43.0 Å². The number of hydrogen-bond donors (Lipinski definition) is 1. The number of unbranched alkanes of at least 4 members (excludes halogenated alkanes) is 12. The van der Waals surface area contributed by atoms with Crippen molar-refractivity contribution in [3.05, 3.63) is 78.4 Å². The van der Waals surface area contributed by atoms with Crippen molar-refractivity contribution in [2.75, 3.05) is 13.2 Å². The Labute approximate surface area is 408 Å². The summed E-state index contributed by atoms with van der Waals surface area (Å²) in [4.78, 5) is 25.0. The molecule has 68 heavy (non-hydrogen) atoms. The highest BCUT2D eigenvalue weighted by Crippen LogP contribution is 2.33. The zero-order chi connectivity index (χ0) is 48.4. The molecule has 2 heterocycles. The SMILES string of the molecule is CCCCCCCC1OC(CC)CC(CC2CC(CC(C)O)OC(CCCCCCCCCCOc3ccc(-c4ccc(C(=O)Oc5ccc(OC(C)C(=O)OCCCC)cc5)cc4)cc3)O2)O1. The van der Waals surface area contributed by atoms with Crippen molar-refractivity contribution in [1.29, 1.82) is 0 Å². The topological polar surface area (TPSA) is 128 Å². The molecule has 0 spiro atoms. The quantitative estimate of drug-likeness (QED) is 0.0365. The number of rotatable bonds is 32. The van der Waals surface area contributed by atoms with Gasteiger partial charge in [-0.2, -0.15) is 0 Å². The molecule has 5 rings (SSSR count). The van der Waals surface area contributed by atoms with E-state index in [-0.39, 0.29) is 37.0 Å². The van der Waals surface area contributed by atoms with Gasteiger partial charge in [-0.25, -0.2) is 9.59 Å². The lowest BCUT2D eigenvalue weighted by atomic mass is 9.96. The molecule has 0 saturated carbocycles. The van der Waals surface area contributed by atoms with Crippen molar-refractivity contribution in [2.45, 2.75) is 225 Å². The Balaban J connectivity index is 0.914. The van der Waals surface area contributed by atoms with Gasteiger partial charge in [-0.3, -0.25) is 0 Å². The number of carbonyl (C=O) groups is 2. The molecular formula is C57H84O11. The maximum absolute atomic E-state index is 12.9. The third-order valence-corrected chi connectivity index (χ3v) is 12.9. The highest BCUT2D eigenvalue weighted by molar-refractivity contribution is 5.91. The zero-order valence-electron chi connectivity index (χ0n) is 42.0. The summed E-state index contributed by atoms with van der Waals surface area (Å²) >= 11 is 0. The van der Waals surface area contributed by atoms with E-state index in [0.29, 0.717) is 36.7 Å². The molecule has 0 radical (unpaired) electrons. The Morgan fingerprint density at radius 3 is 1.66 bits per heavy atom. The Morgan fingerprint density at radius 2 is 1.07 bits per heavy atom.